The van der Waals surface area contributed by atoms with E-state index < -0.39 is 11.7 Å². The van der Waals surface area contributed by atoms with E-state index in [1.54, 1.807) is 17.2 Å². The first kappa shape index (κ1) is 14.8. The number of thioether (sulfide) groups is 1. The van der Waals surface area contributed by atoms with Gasteiger partial charge in [-0.15, -0.1) is 4.74 Å². The Kier molecular flexibility index (Phi) is 4.25. The molecule has 1 aliphatic heterocycles. The monoisotopic (exact) mass is 322 g/mol. The van der Waals surface area contributed by atoms with Crippen LogP contribution in [0.25, 0.3) is 11.4 Å². The topological polar surface area (TPSA) is 90.5 Å². The van der Waals surface area contributed by atoms with Gasteiger partial charge < -0.3 is 14.2 Å². The van der Waals surface area contributed by atoms with Gasteiger partial charge in [-0.25, -0.2) is 19.6 Å². The molecule has 0 spiro atoms. The van der Waals surface area contributed by atoms with Crippen LogP contribution in [0, 0.1) is 0 Å². The van der Waals surface area contributed by atoms with E-state index in [0.29, 0.717) is 42.8 Å². The van der Waals surface area contributed by atoms with Crippen molar-refractivity contribution >= 4 is 17.8 Å². The lowest BCUT2D eigenvalue weighted by Gasteiger charge is -2.26. The second kappa shape index (κ2) is 6.32. The zero-order chi connectivity index (χ0) is 15.5. The lowest BCUT2D eigenvalue weighted by molar-refractivity contribution is 0.0484. The minimum Gasteiger partial charge on any atom is -0.378 e. The van der Waals surface area contributed by atoms with Crippen LogP contribution in [-0.2, 0) is 4.74 Å². The number of hydrogen-bond donors (Lipinski definition) is 0. The van der Waals surface area contributed by atoms with Crippen LogP contribution in [0.15, 0.2) is 32.8 Å². The van der Waals surface area contributed by atoms with Crippen LogP contribution in [0.3, 0.4) is 0 Å². The van der Waals surface area contributed by atoms with Crippen LogP contribution >= 0.6 is 11.8 Å². The zero-order valence-corrected chi connectivity index (χ0v) is 12.7. The van der Waals surface area contributed by atoms with Gasteiger partial charge in [-0.3, -0.25) is 0 Å². The van der Waals surface area contributed by atoms with Gasteiger partial charge in [-0.05, 0) is 12.3 Å². The Morgan fingerprint density at radius 3 is 2.86 bits per heavy atom. The van der Waals surface area contributed by atoms with Gasteiger partial charge in [0.05, 0.1) is 25.0 Å². The number of carbonyl (C=O) groups is 1. The Morgan fingerprint density at radius 2 is 2.14 bits per heavy atom. The van der Waals surface area contributed by atoms with Crippen molar-refractivity contribution in [2.45, 2.75) is 5.16 Å². The fourth-order valence-electron chi connectivity index (χ4n) is 2.12. The fourth-order valence-corrected chi connectivity index (χ4v) is 2.48. The Balaban J connectivity index is 1.98. The number of ether oxygens (including phenoxy) is 1. The maximum atomic E-state index is 12.5. The predicted octanol–water partition coefficient (Wildman–Crippen LogP) is 0.920. The molecule has 0 unspecified atom stereocenters. The molecule has 0 N–H and O–H groups in total. The van der Waals surface area contributed by atoms with Gasteiger partial charge in [0, 0.05) is 19.3 Å². The van der Waals surface area contributed by atoms with Gasteiger partial charge in [0.15, 0.2) is 5.16 Å². The minimum atomic E-state index is -0.596. The molecule has 1 fully saturated rings. The van der Waals surface area contributed by atoms with Gasteiger partial charge in [0.25, 0.3) is 0 Å². The number of carbonyl (C=O) groups excluding carboxylic acids is 1. The number of morpholine rings is 1. The summed E-state index contributed by atoms with van der Waals surface area (Å²) >= 11 is 1.37. The third-order valence-electron chi connectivity index (χ3n) is 3.19. The molecule has 3 heterocycles. The van der Waals surface area contributed by atoms with Gasteiger partial charge in [0.2, 0.25) is 0 Å². The SMILES string of the molecule is CSc1nccc(-c2cc(=O)on2C(=O)N2CCOCC2)n1. The second-order valence-corrected chi connectivity index (χ2v) is 5.32. The molecule has 2 aromatic heterocycles. The molecule has 0 aromatic carbocycles. The minimum absolute atomic E-state index is 0.319. The maximum absolute atomic E-state index is 12.5. The largest absolute Gasteiger partial charge is 0.378 e. The number of aromatic nitrogens is 3. The first-order valence-corrected chi connectivity index (χ1v) is 7.89. The molecule has 3 rings (SSSR count). The maximum Gasteiger partial charge on any atom is 0.359 e. The molecule has 0 aliphatic carbocycles. The van der Waals surface area contributed by atoms with Crippen molar-refractivity contribution < 1.29 is 14.1 Å². The van der Waals surface area contributed by atoms with E-state index in [1.165, 1.54) is 17.8 Å². The molecular weight excluding hydrogens is 308 g/mol. The van der Waals surface area contributed by atoms with Crippen LogP contribution in [0.4, 0.5) is 4.79 Å². The third-order valence-corrected chi connectivity index (χ3v) is 3.75. The summed E-state index contributed by atoms with van der Waals surface area (Å²) in [5.41, 5.74) is 0.187. The van der Waals surface area contributed by atoms with Crippen molar-refractivity contribution in [1.29, 1.82) is 0 Å². The van der Waals surface area contributed by atoms with E-state index in [1.807, 2.05) is 6.26 Å². The molecule has 0 atom stereocenters. The highest BCUT2D eigenvalue weighted by Gasteiger charge is 2.24. The Bertz CT molecular complexity index is 736. The summed E-state index contributed by atoms with van der Waals surface area (Å²) in [6.07, 6.45) is 3.43. The van der Waals surface area contributed by atoms with Crippen LogP contribution in [-0.4, -0.2) is 58.2 Å². The summed E-state index contributed by atoms with van der Waals surface area (Å²) in [6.45, 7) is 1.85. The molecule has 116 valence electrons. The van der Waals surface area contributed by atoms with Crippen LogP contribution in [0.5, 0.6) is 0 Å². The average Bonchev–Trinajstić information content (AvgIpc) is 2.97. The molecule has 22 heavy (non-hydrogen) atoms. The van der Waals surface area contributed by atoms with Gasteiger partial charge in [-0.2, -0.15) is 0 Å². The zero-order valence-electron chi connectivity index (χ0n) is 11.9. The van der Waals surface area contributed by atoms with Gasteiger partial charge in [-0.1, -0.05) is 11.8 Å². The molecule has 1 amide bonds. The van der Waals surface area contributed by atoms with Crippen molar-refractivity contribution in [3.8, 4) is 11.4 Å². The lowest BCUT2D eigenvalue weighted by atomic mass is 10.3. The molecule has 9 heteroatoms. The molecule has 0 radical (unpaired) electrons. The van der Waals surface area contributed by atoms with Crippen molar-refractivity contribution in [1.82, 2.24) is 19.6 Å². The number of nitrogens with zero attached hydrogens (tertiary/aromatic N) is 4. The number of amides is 1. The molecular formula is C13H14N4O4S. The quantitative estimate of drug-likeness (QED) is 0.600. The van der Waals surface area contributed by atoms with Gasteiger partial charge in [0.1, 0.15) is 5.69 Å². The van der Waals surface area contributed by atoms with E-state index in [-0.39, 0.29) is 0 Å². The second-order valence-electron chi connectivity index (χ2n) is 4.54. The summed E-state index contributed by atoms with van der Waals surface area (Å²) in [7, 11) is 0. The van der Waals surface area contributed by atoms with Crippen molar-refractivity contribution in [2.24, 2.45) is 0 Å². The highest BCUT2D eigenvalue weighted by molar-refractivity contribution is 7.98. The lowest BCUT2D eigenvalue weighted by Crippen LogP contribution is -2.43. The summed E-state index contributed by atoms with van der Waals surface area (Å²) in [5.74, 6) is 0. The molecule has 1 saturated heterocycles. The number of hydrogen-bond acceptors (Lipinski definition) is 7. The Hall–Kier alpha value is -2.13. The van der Waals surface area contributed by atoms with Crippen LogP contribution in [0.1, 0.15) is 0 Å². The van der Waals surface area contributed by atoms with E-state index >= 15 is 0 Å². The summed E-state index contributed by atoms with van der Waals surface area (Å²) in [6, 6.07) is 2.49. The molecule has 1 aliphatic rings. The van der Waals surface area contributed by atoms with Crippen molar-refractivity contribution in [2.75, 3.05) is 32.6 Å². The Morgan fingerprint density at radius 1 is 1.36 bits per heavy atom. The molecule has 8 nitrogen and oxygen atoms in total. The van der Waals surface area contributed by atoms with Crippen LogP contribution < -0.4 is 5.63 Å². The average molecular weight is 322 g/mol. The van der Waals surface area contributed by atoms with Crippen molar-refractivity contribution in [3.05, 3.63) is 28.7 Å². The number of rotatable bonds is 2. The van der Waals surface area contributed by atoms with Crippen molar-refractivity contribution in [3.63, 3.8) is 0 Å². The first-order chi connectivity index (χ1) is 10.7. The van der Waals surface area contributed by atoms with E-state index in [2.05, 4.69) is 9.97 Å². The fraction of sp³-hybridized carbons (Fsp3) is 0.385. The Labute approximate surface area is 130 Å². The summed E-state index contributed by atoms with van der Waals surface area (Å²) < 4.78 is 11.2. The normalized spacial score (nSPS) is 15.0. The highest BCUT2D eigenvalue weighted by atomic mass is 32.2. The smallest absolute Gasteiger partial charge is 0.359 e. The third kappa shape index (κ3) is 2.90. The van der Waals surface area contributed by atoms with Crippen LogP contribution in [0.2, 0.25) is 0 Å². The van der Waals surface area contributed by atoms with E-state index in [0.717, 1.165) is 4.74 Å². The molecule has 2 aromatic rings. The molecule has 0 bridgehead atoms. The van der Waals surface area contributed by atoms with E-state index in [4.69, 9.17) is 9.26 Å². The van der Waals surface area contributed by atoms with E-state index in [9.17, 15) is 9.59 Å². The summed E-state index contributed by atoms with van der Waals surface area (Å²) in [5, 5.41) is 0.552. The summed E-state index contributed by atoms with van der Waals surface area (Å²) in [4.78, 5) is 34.1. The standard InChI is InChI=1S/C13H14N4O4S/c1-22-12-14-3-2-9(15-12)10-8-11(18)21-17(10)13(19)16-4-6-20-7-5-16/h2-3,8H,4-7H2,1H3. The predicted molar refractivity (Wildman–Crippen MR) is 79.0 cm³/mol. The van der Waals surface area contributed by atoms with Gasteiger partial charge >= 0.3 is 11.7 Å². The highest BCUT2D eigenvalue weighted by Crippen LogP contribution is 2.19. The molecule has 0 saturated carbocycles. The first-order valence-electron chi connectivity index (χ1n) is 6.67.